The summed E-state index contributed by atoms with van der Waals surface area (Å²) in [6.07, 6.45) is 14.7. The van der Waals surface area contributed by atoms with Crippen LogP contribution in [0.25, 0.3) is 0 Å². The first-order valence-corrected chi connectivity index (χ1v) is 10.8. The molecule has 1 aromatic carbocycles. The molecule has 2 heteroatoms. The molecule has 0 aromatic heterocycles. The van der Waals surface area contributed by atoms with Crippen LogP contribution in [0.15, 0.2) is 24.3 Å². The predicted octanol–water partition coefficient (Wildman–Crippen LogP) is 7.02. The Morgan fingerprint density at radius 3 is 1.69 bits per heavy atom. The lowest BCUT2D eigenvalue weighted by Gasteiger charge is -2.19. The molecular formula is C24H41NO. The molecule has 0 saturated heterocycles. The van der Waals surface area contributed by atoms with Crippen molar-refractivity contribution in [3.8, 4) is 0 Å². The van der Waals surface area contributed by atoms with Crippen molar-refractivity contribution in [2.24, 2.45) is 0 Å². The first-order valence-electron chi connectivity index (χ1n) is 10.8. The standard InChI is InChI=1S/C24H41NO/c1-5-6-7-8-9-10-11-12-13-14-15-20-25-23(26)21-16-18-22(19-17-21)24(2,3)4/h16-19H,5-15,20H2,1-4H3,(H,25,26). The average Bonchev–Trinajstić information content (AvgIpc) is 2.62. The number of hydrogen-bond acceptors (Lipinski definition) is 1. The van der Waals surface area contributed by atoms with Gasteiger partial charge in [0.05, 0.1) is 0 Å². The summed E-state index contributed by atoms with van der Waals surface area (Å²) in [6, 6.07) is 8.02. The minimum atomic E-state index is 0.0533. The first kappa shape index (κ1) is 22.7. The van der Waals surface area contributed by atoms with E-state index in [1.807, 2.05) is 12.1 Å². The highest BCUT2D eigenvalue weighted by Crippen LogP contribution is 2.22. The van der Waals surface area contributed by atoms with Crippen molar-refractivity contribution in [2.75, 3.05) is 6.54 Å². The van der Waals surface area contributed by atoms with Gasteiger partial charge in [-0.15, -0.1) is 0 Å². The van der Waals surface area contributed by atoms with Crippen LogP contribution in [0, 0.1) is 0 Å². The molecule has 0 spiro atoms. The highest BCUT2D eigenvalue weighted by atomic mass is 16.1. The number of amides is 1. The molecule has 0 atom stereocenters. The molecule has 1 aromatic rings. The SMILES string of the molecule is CCCCCCCCCCCCCNC(=O)c1ccc(C(C)(C)C)cc1. The van der Waals surface area contributed by atoms with E-state index in [9.17, 15) is 4.79 Å². The summed E-state index contributed by atoms with van der Waals surface area (Å²) < 4.78 is 0. The van der Waals surface area contributed by atoms with Gasteiger partial charge in [0.2, 0.25) is 0 Å². The maximum atomic E-state index is 12.2. The van der Waals surface area contributed by atoms with Crippen molar-refractivity contribution in [2.45, 2.75) is 104 Å². The Labute approximate surface area is 162 Å². The molecule has 0 aliphatic heterocycles. The Kier molecular flexibility index (Phi) is 11.3. The van der Waals surface area contributed by atoms with E-state index in [4.69, 9.17) is 0 Å². The van der Waals surface area contributed by atoms with Crippen LogP contribution >= 0.6 is 0 Å². The van der Waals surface area contributed by atoms with Gasteiger partial charge in [-0.2, -0.15) is 0 Å². The molecule has 1 N–H and O–H groups in total. The van der Waals surface area contributed by atoms with Crippen molar-refractivity contribution < 1.29 is 4.79 Å². The Hall–Kier alpha value is -1.31. The molecule has 0 radical (unpaired) electrons. The molecule has 0 unspecified atom stereocenters. The molecule has 0 bridgehead atoms. The Balaban J connectivity index is 2.03. The number of hydrogen-bond donors (Lipinski definition) is 1. The predicted molar refractivity (Wildman–Crippen MR) is 114 cm³/mol. The average molecular weight is 360 g/mol. The minimum absolute atomic E-state index is 0.0533. The van der Waals surface area contributed by atoms with E-state index in [-0.39, 0.29) is 11.3 Å². The van der Waals surface area contributed by atoms with Gasteiger partial charge in [0, 0.05) is 12.1 Å². The third-order valence-electron chi connectivity index (χ3n) is 5.08. The zero-order valence-corrected chi connectivity index (χ0v) is 17.7. The fourth-order valence-electron chi connectivity index (χ4n) is 3.21. The molecule has 2 nitrogen and oxygen atoms in total. The topological polar surface area (TPSA) is 29.1 Å². The summed E-state index contributed by atoms with van der Waals surface area (Å²) in [5.74, 6) is 0.0533. The van der Waals surface area contributed by atoms with Crippen molar-refractivity contribution in [1.82, 2.24) is 5.32 Å². The number of carbonyl (C=O) groups is 1. The van der Waals surface area contributed by atoms with Crippen LogP contribution in [0.5, 0.6) is 0 Å². The number of nitrogens with one attached hydrogen (secondary N) is 1. The minimum Gasteiger partial charge on any atom is -0.352 e. The third kappa shape index (κ3) is 9.99. The molecule has 1 rings (SSSR count). The number of rotatable bonds is 13. The van der Waals surface area contributed by atoms with E-state index < -0.39 is 0 Å². The van der Waals surface area contributed by atoms with Gasteiger partial charge >= 0.3 is 0 Å². The molecule has 0 aliphatic rings. The van der Waals surface area contributed by atoms with Crippen molar-refractivity contribution in [3.05, 3.63) is 35.4 Å². The van der Waals surface area contributed by atoms with E-state index in [1.54, 1.807) is 0 Å². The van der Waals surface area contributed by atoms with Crippen LogP contribution < -0.4 is 5.32 Å². The van der Waals surface area contributed by atoms with Crippen LogP contribution in [0.4, 0.5) is 0 Å². The van der Waals surface area contributed by atoms with Crippen LogP contribution in [-0.4, -0.2) is 12.5 Å². The van der Waals surface area contributed by atoms with Gasteiger partial charge in [0.25, 0.3) is 5.91 Å². The number of carbonyl (C=O) groups excluding carboxylic acids is 1. The van der Waals surface area contributed by atoms with Crippen LogP contribution in [0.2, 0.25) is 0 Å². The van der Waals surface area contributed by atoms with E-state index in [0.717, 1.165) is 18.5 Å². The number of unbranched alkanes of at least 4 members (excludes halogenated alkanes) is 10. The lowest BCUT2D eigenvalue weighted by Crippen LogP contribution is -2.24. The molecule has 0 heterocycles. The first-order chi connectivity index (χ1) is 12.4. The molecule has 0 aliphatic carbocycles. The zero-order chi connectivity index (χ0) is 19.3. The Morgan fingerprint density at radius 2 is 1.23 bits per heavy atom. The van der Waals surface area contributed by atoms with E-state index in [2.05, 4.69) is 45.1 Å². The molecule has 148 valence electrons. The second-order valence-corrected chi connectivity index (χ2v) is 8.62. The molecule has 1 amide bonds. The Bertz CT molecular complexity index is 484. The van der Waals surface area contributed by atoms with Gasteiger partial charge in [0.15, 0.2) is 0 Å². The van der Waals surface area contributed by atoms with Gasteiger partial charge in [-0.05, 0) is 29.5 Å². The lowest BCUT2D eigenvalue weighted by molar-refractivity contribution is 0.0953. The second-order valence-electron chi connectivity index (χ2n) is 8.62. The van der Waals surface area contributed by atoms with Gasteiger partial charge in [-0.1, -0.05) is 104 Å². The van der Waals surface area contributed by atoms with Crippen molar-refractivity contribution >= 4 is 5.91 Å². The quantitative estimate of drug-likeness (QED) is 0.376. The van der Waals surface area contributed by atoms with E-state index in [0.29, 0.717) is 0 Å². The summed E-state index contributed by atoms with van der Waals surface area (Å²) in [5, 5.41) is 3.05. The smallest absolute Gasteiger partial charge is 0.251 e. The Morgan fingerprint density at radius 1 is 0.769 bits per heavy atom. The highest BCUT2D eigenvalue weighted by Gasteiger charge is 2.14. The van der Waals surface area contributed by atoms with E-state index in [1.165, 1.54) is 69.8 Å². The third-order valence-corrected chi connectivity index (χ3v) is 5.08. The normalized spacial score (nSPS) is 11.5. The fraction of sp³-hybridized carbons (Fsp3) is 0.708. The summed E-state index contributed by atoms with van der Waals surface area (Å²) >= 11 is 0. The van der Waals surface area contributed by atoms with Crippen LogP contribution in [0.3, 0.4) is 0 Å². The van der Waals surface area contributed by atoms with Crippen LogP contribution in [0.1, 0.15) is 114 Å². The maximum Gasteiger partial charge on any atom is 0.251 e. The summed E-state index contributed by atoms with van der Waals surface area (Å²) in [6.45, 7) is 9.62. The monoisotopic (exact) mass is 359 g/mol. The molecule has 26 heavy (non-hydrogen) atoms. The summed E-state index contributed by atoms with van der Waals surface area (Å²) in [7, 11) is 0. The number of benzene rings is 1. The van der Waals surface area contributed by atoms with Gasteiger partial charge in [-0.3, -0.25) is 4.79 Å². The van der Waals surface area contributed by atoms with Crippen molar-refractivity contribution in [3.63, 3.8) is 0 Å². The van der Waals surface area contributed by atoms with Crippen LogP contribution in [-0.2, 0) is 5.41 Å². The summed E-state index contributed by atoms with van der Waals surface area (Å²) in [5.41, 5.74) is 2.16. The zero-order valence-electron chi connectivity index (χ0n) is 17.7. The highest BCUT2D eigenvalue weighted by molar-refractivity contribution is 5.94. The largest absolute Gasteiger partial charge is 0.352 e. The fourth-order valence-corrected chi connectivity index (χ4v) is 3.21. The maximum absolute atomic E-state index is 12.2. The molecule has 0 fully saturated rings. The van der Waals surface area contributed by atoms with Crippen molar-refractivity contribution in [1.29, 1.82) is 0 Å². The summed E-state index contributed by atoms with van der Waals surface area (Å²) in [4.78, 5) is 12.2. The molecular weight excluding hydrogens is 318 g/mol. The lowest BCUT2D eigenvalue weighted by atomic mass is 9.87. The van der Waals surface area contributed by atoms with Gasteiger partial charge < -0.3 is 5.32 Å². The van der Waals surface area contributed by atoms with Gasteiger partial charge in [0.1, 0.15) is 0 Å². The van der Waals surface area contributed by atoms with Gasteiger partial charge in [-0.25, -0.2) is 0 Å². The second kappa shape index (κ2) is 12.9. The molecule has 0 saturated carbocycles. The van der Waals surface area contributed by atoms with E-state index >= 15 is 0 Å².